The quantitative estimate of drug-likeness (QED) is 0.850. The summed E-state index contributed by atoms with van der Waals surface area (Å²) in [7, 11) is -3.41. The molecule has 0 radical (unpaired) electrons. The van der Waals surface area contributed by atoms with Crippen LogP contribution in [0.25, 0.3) is 0 Å². The molecular formula is C16H20N2O3S. The van der Waals surface area contributed by atoms with E-state index in [0.29, 0.717) is 12.2 Å². The summed E-state index contributed by atoms with van der Waals surface area (Å²) in [6, 6.07) is 9.67. The minimum atomic E-state index is -3.41. The highest BCUT2D eigenvalue weighted by molar-refractivity contribution is 7.88. The molecule has 22 heavy (non-hydrogen) atoms. The third kappa shape index (κ3) is 2.94. The maximum Gasteiger partial charge on any atom is 0.220 e. The number of nitrogens with zero attached hydrogens (tertiary/aromatic N) is 2. The zero-order valence-corrected chi connectivity index (χ0v) is 13.4. The molecule has 0 N–H and O–H groups in total. The van der Waals surface area contributed by atoms with Crippen molar-refractivity contribution in [1.29, 1.82) is 0 Å². The van der Waals surface area contributed by atoms with E-state index in [-0.39, 0.29) is 11.8 Å². The van der Waals surface area contributed by atoms with Crippen molar-refractivity contribution in [3.63, 3.8) is 0 Å². The average molecular weight is 320 g/mol. The molecule has 0 bridgehead atoms. The summed E-state index contributed by atoms with van der Waals surface area (Å²) in [5.41, 5.74) is 2.85. The third-order valence-electron chi connectivity index (χ3n) is 4.10. The van der Waals surface area contributed by atoms with Gasteiger partial charge < -0.3 is 4.52 Å². The van der Waals surface area contributed by atoms with Gasteiger partial charge in [-0.15, -0.1) is 0 Å². The molecule has 1 aromatic carbocycles. The SMILES string of the molecule is CCC[C@H]1c2ccccc2CCN1S(=O)(=O)Cc1ccon1. The van der Waals surface area contributed by atoms with Gasteiger partial charge in [0.05, 0.1) is 5.69 Å². The zero-order chi connectivity index (χ0) is 15.6. The van der Waals surface area contributed by atoms with E-state index < -0.39 is 10.0 Å². The van der Waals surface area contributed by atoms with E-state index >= 15 is 0 Å². The van der Waals surface area contributed by atoms with Crippen molar-refractivity contribution in [3.05, 3.63) is 53.4 Å². The molecule has 0 fully saturated rings. The first kappa shape index (κ1) is 15.2. The Morgan fingerprint density at radius 3 is 2.86 bits per heavy atom. The largest absolute Gasteiger partial charge is 0.364 e. The Kier molecular flexibility index (Phi) is 4.31. The molecule has 0 unspecified atom stereocenters. The van der Waals surface area contributed by atoms with Crippen LogP contribution in [0, 0.1) is 0 Å². The summed E-state index contributed by atoms with van der Waals surface area (Å²) in [5.74, 6) is -0.105. The molecule has 1 aliphatic heterocycles. The number of benzene rings is 1. The lowest BCUT2D eigenvalue weighted by molar-refractivity contribution is 0.291. The molecule has 0 saturated heterocycles. The van der Waals surface area contributed by atoms with Crippen LogP contribution in [0.2, 0.25) is 0 Å². The monoisotopic (exact) mass is 320 g/mol. The highest BCUT2D eigenvalue weighted by Gasteiger charge is 2.35. The Morgan fingerprint density at radius 1 is 1.32 bits per heavy atom. The van der Waals surface area contributed by atoms with E-state index in [1.165, 1.54) is 11.8 Å². The number of hydrogen-bond donors (Lipinski definition) is 0. The van der Waals surface area contributed by atoms with Crippen LogP contribution in [0.15, 0.2) is 41.1 Å². The van der Waals surface area contributed by atoms with E-state index in [1.54, 1.807) is 10.4 Å². The molecule has 118 valence electrons. The molecule has 1 aliphatic rings. The molecule has 0 amide bonds. The van der Waals surface area contributed by atoms with Crippen molar-refractivity contribution < 1.29 is 12.9 Å². The van der Waals surface area contributed by atoms with E-state index in [1.807, 2.05) is 18.2 Å². The number of rotatable bonds is 5. The molecule has 2 heterocycles. The summed E-state index contributed by atoms with van der Waals surface area (Å²) < 4.78 is 32.0. The molecule has 2 aromatic rings. The Balaban J connectivity index is 1.92. The lowest BCUT2D eigenvalue weighted by Gasteiger charge is -2.36. The van der Waals surface area contributed by atoms with Crippen molar-refractivity contribution in [2.24, 2.45) is 0 Å². The van der Waals surface area contributed by atoms with Gasteiger partial charge >= 0.3 is 0 Å². The van der Waals surface area contributed by atoms with Crippen LogP contribution >= 0.6 is 0 Å². The molecule has 0 aliphatic carbocycles. The van der Waals surface area contributed by atoms with Crippen LogP contribution in [0.4, 0.5) is 0 Å². The first-order chi connectivity index (χ1) is 10.6. The van der Waals surface area contributed by atoms with E-state index in [9.17, 15) is 8.42 Å². The van der Waals surface area contributed by atoms with Crippen LogP contribution in [-0.4, -0.2) is 24.4 Å². The van der Waals surface area contributed by atoms with Gasteiger partial charge in [0.25, 0.3) is 0 Å². The Bertz CT molecular complexity index is 726. The Morgan fingerprint density at radius 2 is 2.14 bits per heavy atom. The van der Waals surface area contributed by atoms with Gasteiger partial charge in [-0.25, -0.2) is 8.42 Å². The number of sulfonamides is 1. The summed E-state index contributed by atoms with van der Waals surface area (Å²) >= 11 is 0. The molecule has 5 nitrogen and oxygen atoms in total. The van der Waals surface area contributed by atoms with Gasteiger partial charge in [0.2, 0.25) is 10.0 Å². The molecular weight excluding hydrogens is 300 g/mol. The molecule has 0 saturated carbocycles. The summed E-state index contributed by atoms with van der Waals surface area (Å²) in [6.45, 7) is 2.61. The van der Waals surface area contributed by atoms with Crippen LogP contribution in [-0.2, 0) is 22.2 Å². The zero-order valence-electron chi connectivity index (χ0n) is 12.6. The van der Waals surface area contributed by atoms with Gasteiger partial charge in [-0.1, -0.05) is 42.8 Å². The second-order valence-electron chi connectivity index (χ2n) is 5.61. The highest BCUT2D eigenvalue weighted by atomic mass is 32.2. The normalized spacial score (nSPS) is 19.0. The fourth-order valence-corrected chi connectivity index (χ4v) is 4.78. The van der Waals surface area contributed by atoms with Crippen LogP contribution in [0.1, 0.15) is 42.6 Å². The van der Waals surface area contributed by atoms with Gasteiger partial charge in [0, 0.05) is 18.7 Å². The van der Waals surface area contributed by atoms with Gasteiger partial charge in [-0.2, -0.15) is 4.31 Å². The fraction of sp³-hybridized carbons (Fsp3) is 0.438. The maximum absolute atomic E-state index is 12.8. The second kappa shape index (κ2) is 6.22. The molecule has 0 spiro atoms. The van der Waals surface area contributed by atoms with Crippen LogP contribution in [0.5, 0.6) is 0 Å². The van der Waals surface area contributed by atoms with Gasteiger partial charge in [-0.3, -0.25) is 0 Å². The smallest absolute Gasteiger partial charge is 0.220 e. The van der Waals surface area contributed by atoms with E-state index in [2.05, 4.69) is 18.1 Å². The lowest BCUT2D eigenvalue weighted by atomic mass is 9.92. The van der Waals surface area contributed by atoms with Crippen molar-refractivity contribution in [1.82, 2.24) is 9.46 Å². The lowest BCUT2D eigenvalue weighted by Crippen LogP contribution is -2.40. The highest BCUT2D eigenvalue weighted by Crippen LogP contribution is 2.35. The van der Waals surface area contributed by atoms with E-state index in [4.69, 9.17) is 4.52 Å². The first-order valence-electron chi connectivity index (χ1n) is 7.58. The predicted octanol–water partition coefficient (Wildman–Crippen LogP) is 2.90. The fourth-order valence-electron chi connectivity index (χ4n) is 3.12. The van der Waals surface area contributed by atoms with Gasteiger partial charge in [-0.05, 0) is 24.0 Å². The minimum absolute atomic E-state index is 0.0770. The predicted molar refractivity (Wildman–Crippen MR) is 83.6 cm³/mol. The second-order valence-corrected chi connectivity index (χ2v) is 7.53. The summed E-state index contributed by atoms with van der Waals surface area (Å²) in [4.78, 5) is 0. The average Bonchev–Trinajstić information content (AvgIpc) is 3.00. The van der Waals surface area contributed by atoms with Gasteiger partial charge in [0.15, 0.2) is 0 Å². The van der Waals surface area contributed by atoms with Crippen molar-refractivity contribution in [3.8, 4) is 0 Å². The maximum atomic E-state index is 12.8. The van der Waals surface area contributed by atoms with E-state index in [0.717, 1.165) is 24.8 Å². The third-order valence-corrected chi connectivity index (χ3v) is 5.92. The molecule has 1 atom stereocenters. The standard InChI is InChI=1S/C16H20N2O3S/c1-2-5-16-15-7-4-3-6-13(15)8-10-18(16)22(19,20)12-14-9-11-21-17-14/h3-4,6-7,9,11,16H,2,5,8,10,12H2,1H3/t16-/m0/s1. The summed E-state index contributed by atoms with van der Waals surface area (Å²) in [5, 5.41) is 3.73. The molecule has 1 aromatic heterocycles. The van der Waals surface area contributed by atoms with Crippen molar-refractivity contribution in [2.45, 2.75) is 38.0 Å². The van der Waals surface area contributed by atoms with Crippen molar-refractivity contribution in [2.75, 3.05) is 6.54 Å². The Hall–Kier alpha value is -1.66. The first-order valence-corrected chi connectivity index (χ1v) is 9.19. The molecule has 6 heteroatoms. The van der Waals surface area contributed by atoms with Crippen LogP contribution in [0.3, 0.4) is 0 Å². The minimum Gasteiger partial charge on any atom is -0.364 e. The molecule has 3 rings (SSSR count). The topological polar surface area (TPSA) is 63.4 Å². The number of fused-ring (bicyclic) bond motifs is 1. The van der Waals surface area contributed by atoms with Crippen molar-refractivity contribution >= 4 is 10.0 Å². The number of hydrogen-bond acceptors (Lipinski definition) is 4. The van der Waals surface area contributed by atoms with Gasteiger partial charge in [0.1, 0.15) is 12.0 Å². The number of aromatic nitrogens is 1. The Labute approximate surface area is 131 Å². The summed E-state index contributed by atoms with van der Waals surface area (Å²) in [6.07, 6.45) is 3.93. The van der Waals surface area contributed by atoms with Crippen LogP contribution < -0.4 is 0 Å².